The molecule has 0 N–H and O–H groups in total. The van der Waals surface area contributed by atoms with Gasteiger partial charge in [-0.1, -0.05) is 87.0 Å². The molecule has 9 aromatic rings. The summed E-state index contributed by atoms with van der Waals surface area (Å²) in [6.07, 6.45) is 3.73. The topological polar surface area (TPSA) is 46.4 Å². The van der Waals surface area contributed by atoms with Crippen molar-refractivity contribution >= 4 is 66.2 Å². The maximum Gasteiger partial charge on any atom is 0.135 e. The fourth-order valence-electron chi connectivity index (χ4n) is 7.45. The fraction of sp³-hybridized carbons (Fsp3) is 0.0851. The Kier molecular flexibility index (Phi) is 8.24. The Labute approximate surface area is 328 Å². The first-order chi connectivity index (χ1) is 25.9. The molecule has 0 spiro atoms. The van der Waals surface area contributed by atoms with Crippen molar-refractivity contribution in [2.75, 3.05) is 9.80 Å². The number of nitrogens with zero attached hydrogens (tertiary/aromatic N) is 5. The van der Waals surface area contributed by atoms with Crippen LogP contribution in [0, 0.1) is 18.8 Å². The first kappa shape index (κ1) is 33.8. The van der Waals surface area contributed by atoms with Crippen LogP contribution in [0.3, 0.4) is 0 Å². The molecule has 0 atom stereocenters. The molecule has 0 saturated carbocycles. The molecule has 0 saturated heterocycles. The number of aromatic nitrogens is 3. The fourth-order valence-corrected chi connectivity index (χ4v) is 7.45. The van der Waals surface area contributed by atoms with Gasteiger partial charge in [-0.05, 0) is 80.4 Å². The van der Waals surface area contributed by atoms with Crippen LogP contribution in [-0.2, 0) is 26.5 Å². The minimum absolute atomic E-state index is 0. The Morgan fingerprint density at radius 2 is 1.39 bits per heavy atom. The summed E-state index contributed by atoms with van der Waals surface area (Å²) in [6.45, 7) is 8.74. The average Bonchev–Trinajstić information content (AvgIpc) is 3.74. The van der Waals surface area contributed by atoms with Crippen molar-refractivity contribution in [3.8, 4) is 17.3 Å². The molecule has 0 fully saturated rings. The molecule has 6 nitrogen and oxygen atoms in total. The molecule has 10 rings (SSSR count). The Morgan fingerprint density at radius 3 is 2.26 bits per heavy atom. The molecule has 0 bridgehead atoms. The summed E-state index contributed by atoms with van der Waals surface area (Å²) >= 11 is 0. The van der Waals surface area contributed by atoms with Crippen molar-refractivity contribution in [2.45, 2.75) is 26.2 Å². The van der Waals surface area contributed by atoms with Gasteiger partial charge in [0.25, 0.3) is 0 Å². The molecule has 3 aromatic heterocycles. The smallest absolute Gasteiger partial charge is 0.135 e. The van der Waals surface area contributed by atoms with Gasteiger partial charge in [0.05, 0.1) is 5.69 Å². The third-order valence-corrected chi connectivity index (χ3v) is 10.1. The van der Waals surface area contributed by atoms with Crippen molar-refractivity contribution in [3.63, 3.8) is 0 Å². The predicted octanol–water partition coefficient (Wildman–Crippen LogP) is 12.0. The third kappa shape index (κ3) is 5.69. The van der Waals surface area contributed by atoms with Gasteiger partial charge in [0, 0.05) is 56.2 Å². The summed E-state index contributed by atoms with van der Waals surface area (Å²) < 4.78 is 8.71. The predicted molar refractivity (Wildman–Crippen MR) is 216 cm³/mol. The van der Waals surface area contributed by atoms with E-state index < -0.39 is 0 Å². The van der Waals surface area contributed by atoms with Crippen LogP contribution in [-0.4, -0.2) is 14.5 Å². The molecule has 266 valence electrons. The average molecular weight is 880 g/mol. The second-order valence-electron chi connectivity index (χ2n) is 14.5. The second kappa shape index (κ2) is 13.2. The summed E-state index contributed by atoms with van der Waals surface area (Å²) in [7, 11) is 0. The zero-order valence-electron chi connectivity index (χ0n) is 29.9. The Hall–Kier alpha value is -5.97. The number of ether oxygens (including phenoxy) is 1. The van der Waals surface area contributed by atoms with E-state index in [1.165, 1.54) is 27.1 Å². The van der Waals surface area contributed by atoms with Crippen molar-refractivity contribution in [3.05, 3.63) is 170 Å². The van der Waals surface area contributed by atoms with Crippen LogP contribution in [0.5, 0.6) is 11.5 Å². The van der Waals surface area contributed by atoms with Crippen molar-refractivity contribution in [1.29, 1.82) is 0 Å². The normalized spacial score (nSPS) is 12.8. The first-order valence-corrected chi connectivity index (χ1v) is 17.8. The summed E-state index contributed by atoms with van der Waals surface area (Å²) in [4.78, 5) is 13.9. The Morgan fingerprint density at radius 1 is 0.611 bits per heavy atom. The van der Waals surface area contributed by atoms with Gasteiger partial charge in [0.1, 0.15) is 11.6 Å². The maximum atomic E-state index is 6.53. The molecule has 0 unspecified atom stereocenters. The van der Waals surface area contributed by atoms with Crippen molar-refractivity contribution in [1.82, 2.24) is 14.5 Å². The summed E-state index contributed by atoms with van der Waals surface area (Å²) in [6, 6.07) is 53.4. The molecule has 1 aliphatic rings. The standard InChI is InChI=1S/C47H34N5O.Pt/c1-47(2,3)33-23-25-48-45(26-33)52-42-15-7-6-14-39(42)40-22-21-37(29-44(40)52)53-36-12-8-11-34(27-36)50-30-51(46-43(50)16-9-24-49-46)35-20-19-32-18-17-31-10-4-5-13-38(31)41(32)28-35;/h4-26,28,30H,1-3H3;/q-3;. The van der Waals surface area contributed by atoms with E-state index in [2.05, 4.69) is 157 Å². The van der Waals surface area contributed by atoms with E-state index in [1.807, 2.05) is 42.7 Å². The zero-order valence-corrected chi connectivity index (χ0v) is 32.2. The number of pyridine rings is 2. The molecule has 0 radical (unpaired) electrons. The third-order valence-electron chi connectivity index (χ3n) is 10.1. The number of para-hydroxylation sites is 1. The zero-order chi connectivity index (χ0) is 35.7. The first-order valence-electron chi connectivity index (χ1n) is 17.8. The summed E-state index contributed by atoms with van der Waals surface area (Å²) in [5, 5.41) is 7.09. The van der Waals surface area contributed by atoms with Gasteiger partial charge in [-0.3, -0.25) is 0 Å². The van der Waals surface area contributed by atoms with Crippen LogP contribution in [0.25, 0.3) is 49.2 Å². The molecule has 7 heteroatoms. The van der Waals surface area contributed by atoms with E-state index in [0.717, 1.165) is 50.5 Å². The monoisotopic (exact) mass is 879 g/mol. The van der Waals surface area contributed by atoms with Gasteiger partial charge in [0.15, 0.2) is 0 Å². The molecule has 4 heterocycles. The van der Waals surface area contributed by atoms with Gasteiger partial charge in [0.2, 0.25) is 0 Å². The molecule has 0 aliphatic carbocycles. The Bertz CT molecular complexity index is 2870. The largest absolute Gasteiger partial charge is 0.509 e. The van der Waals surface area contributed by atoms with Gasteiger partial charge in [-0.2, -0.15) is 12.1 Å². The molecule has 54 heavy (non-hydrogen) atoms. The number of benzene rings is 6. The maximum absolute atomic E-state index is 6.53. The molecule has 0 amide bonds. The van der Waals surface area contributed by atoms with Crippen LogP contribution in [0.4, 0.5) is 22.9 Å². The van der Waals surface area contributed by atoms with Crippen LogP contribution in [0.2, 0.25) is 0 Å². The number of hydrogen-bond donors (Lipinski definition) is 0. The SMILES string of the molecule is CC(C)(C)c1ccnc(-n2c3[c-]c(Oc4[c-]c(N5[CH-]N(c6ccc7ccc8ccccc8c7c6)c6ncccc65)ccc4)ccc3c3ccccc32)c1.[Pt]. The molecular weight excluding hydrogens is 846 g/mol. The van der Waals surface area contributed by atoms with Crippen molar-refractivity contribution < 1.29 is 25.8 Å². The number of rotatable bonds is 5. The minimum Gasteiger partial charge on any atom is -0.509 e. The number of fused-ring (bicyclic) bond motifs is 7. The number of hydrogen-bond acceptors (Lipinski definition) is 5. The van der Waals surface area contributed by atoms with Gasteiger partial charge in [-0.15, -0.1) is 48.1 Å². The van der Waals surface area contributed by atoms with Gasteiger partial charge < -0.3 is 19.1 Å². The molecule has 1 aliphatic heterocycles. The summed E-state index contributed by atoms with van der Waals surface area (Å²) in [5.41, 5.74) is 6.01. The minimum atomic E-state index is -0.0139. The number of anilines is 4. The van der Waals surface area contributed by atoms with Crippen LogP contribution >= 0.6 is 0 Å². The van der Waals surface area contributed by atoms with E-state index in [-0.39, 0.29) is 26.5 Å². The summed E-state index contributed by atoms with van der Waals surface area (Å²) in [5.74, 6) is 2.89. The van der Waals surface area contributed by atoms with Crippen molar-refractivity contribution in [2.24, 2.45) is 0 Å². The van der Waals surface area contributed by atoms with E-state index in [0.29, 0.717) is 11.5 Å². The quantitative estimate of drug-likeness (QED) is 0.127. The van der Waals surface area contributed by atoms with Gasteiger partial charge >= 0.3 is 0 Å². The molecular formula is C47H34N5OPt-3. The van der Waals surface area contributed by atoms with E-state index >= 15 is 0 Å². The van der Waals surface area contributed by atoms with E-state index in [1.54, 1.807) is 0 Å². The molecule has 6 aromatic carbocycles. The van der Waals surface area contributed by atoms with E-state index in [9.17, 15) is 0 Å². The van der Waals surface area contributed by atoms with Crippen LogP contribution < -0.4 is 14.5 Å². The van der Waals surface area contributed by atoms with Gasteiger partial charge in [-0.25, -0.2) is 9.97 Å². The van der Waals surface area contributed by atoms with E-state index in [4.69, 9.17) is 14.7 Å². The van der Waals surface area contributed by atoms with Crippen LogP contribution in [0.15, 0.2) is 146 Å². The van der Waals surface area contributed by atoms with Crippen LogP contribution in [0.1, 0.15) is 26.3 Å². The second-order valence-corrected chi connectivity index (χ2v) is 14.5. The Balaban J connectivity index is 0.00000384.